The molecule has 1 aliphatic rings. The van der Waals surface area contributed by atoms with Gasteiger partial charge in [0, 0.05) is 31.9 Å². The molecule has 21 heavy (non-hydrogen) atoms. The number of likely N-dealkylation sites (N-methyl/N-ethyl adjacent to an activating group) is 1. The first-order valence-electron chi connectivity index (χ1n) is 7.95. The summed E-state index contributed by atoms with van der Waals surface area (Å²) in [7, 11) is 2.13. The molecule has 0 aromatic heterocycles. The van der Waals surface area contributed by atoms with Crippen molar-refractivity contribution in [2.75, 3.05) is 45.1 Å². The fourth-order valence-electron chi connectivity index (χ4n) is 2.79. The third-order valence-corrected chi connectivity index (χ3v) is 4.23. The predicted molar refractivity (Wildman–Crippen MR) is 87.8 cm³/mol. The van der Waals surface area contributed by atoms with Crippen LogP contribution < -0.4 is 5.32 Å². The number of hydrogen-bond acceptors (Lipinski definition) is 3. The summed E-state index contributed by atoms with van der Waals surface area (Å²) in [5.74, 6) is 0.107. The van der Waals surface area contributed by atoms with Gasteiger partial charge in [0.15, 0.2) is 0 Å². The van der Waals surface area contributed by atoms with Gasteiger partial charge in [-0.1, -0.05) is 32.0 Å². The fourth-order valence-corrected chi connectivity index (χ4v) is 2.79. The molecule has 2 rings (SSSR count). The molecule has 1 heterocycles. The van der Waals surface area contributed by atoms with Crippen molar-refractivity contribution in [1.29, 1.82) is 0 Å². The van der Waals surface area contributed by atoms with E-state index >= 15 is 0 Å². The van der Waals surface area contributed by atoms with Crippen molar-refractivity contribution in [2.24, 2.45) is 0 Å². The highest BCUT2D eigenvalue weighted by Crippen LogP contribution is 2.22. The Kier molecular flexibility index (Phi) is 5.76. The predicted octanol–water partition coefficient (Wildman–Crippen LogP) is 2.00. The standard InChI is InChI=1S/C17H27N3O/c1-4-14-7-6-8-15(5-2)17(14)18-16(21)13-20-11-9-19(3)10-12-20/h6-8H,4-5,9-13H2,1-3H3,(H,18,21). The monoisotopic (exact) mass is 289 g/mol. The van der Waals surface area contributed by atoms with Crippen molar-refractivity contribution in [3.05, 3.63) is 29.3 Å². The maximum absolute atomic E-state index is 12.3. The molecule has 0 aliphatic carbocycles. The molecule has 1 N–H and O–H groups in total. The molecule has 0 radical (unpaired) electrons. The summed E-state index contributed by atoms with van der Waals surface area (Å²) < 4.78 is 0. The minimum absolute atomic E-state index is 0.107. The second-order valence-corrected chi connectivity index (χ2v) is 5.79. The van der Waals surface area contributed by atoms with Gasteiger partial charge in [-0.25, -0.2) is 0 Å². The summed E-state index contributed by atoms with van der Waals surface area (Å²) in [6, 6.07) is 6.28. The smallest absolute Gasteiger partial charge is 0.238 e. The summed E-state index contributed by atoms with van der Waals surface area (Å²) in [6.45, 7) is 8.78. The van der Waals surface area contributed by atoms with E-state index in [1.807, 2.05) is 0 Å². The molecule has 1 aromatic rings. The first-order chi connectivity index (χ1) is 10.1. The van der Waals surface area contributed by atoms with E-state index in [9.17, 15) is 4.79 Å². The van der Waals surface area contributed by atoms with Crippen LogP contribution in [0.1, 0.15) is 25.0 Å². The van der Waals surface area contributed by atoms with Gasteiger partial charge < -0.3 is 10.2 Å². The molecule has 1 saturated heterocycles. The average molecular weight is 289 g/mol. The van der Waals surface area contributed by atoms with Crippen molar-refractivity contribution >= 4 is 11.6 Å². The number of aryl methyl sites for hydroxylation is 2. The lowest BCUT2D eigenvalue weighted by Crippen LogP contribution is -2.47. The van der Waals surface area contributed by atoms with Crippen LogP contribution >= 0.6 is 0 Å². The third kappa shape index (κ3) is 4.29. The van der Waals surface area contributed by atoms with Gasteiger partial charge >= 0.3 is 0 Å². The van der Waals surface area contributed by atoms with Crippen molar-refractivity contribution in [1.82, 2.24) is 9.80 Å². The highest BCUT2D eigenvalue weighted by molar-refractivity contribution is 5.93. The van der Waals surface area contributed by atoms with Crippen molar-refractivity contribution < 1.29 is 4.79 Å². The minimum atomic E-state index is 0.107. The second kappa shape index (κ2) is 7.57. The van der Waals surface area contributed by atoms with Gasteiger partial charge in [0.25, 0.3) is 0 Å². The van der Waals surface area contributed by atoms with Crippen LogP contribution in [0.5, 0.6) is 0 Å². The molecule has 0 atom stereocenters. The lowest BCUT2D eigenvalue weighted by atomic mass is 10.0. The number of piperazine rings is 1. The normalized spacial score (nSPS) is 16.9. The fraction of sp³-hybridized carbons (Fsp3) is 0.588. The number of carbonyl (C=O) groups excluding carboxylic acids is 1. The van der Waals surface area contributed by atoms with E-state index in [2.05, 4.69) is 54.2 Å². The maximum Gasteiger partial charge on any atom is 0.238 e. The quantitative estimate of drug-likeness (QED) is 0.900. The van der Waals surface area contributed by atoms with E-state index in [-0.39, 0.29) is 5.91 Å². The van der Waals surface area contributed by atoms with Gasteiger partial charge in [0.1, 0.15) is 0 Å². The number of anilines is 1. The molecular weight excluding hydrogens is 262 g/mol. The van der Waals surface area contributed by atoms with Gasteiger partial charge in [-0.05, 0) is 31.0 Å². The van der Waals surface area contributed by atoms with E-state index in [4.69, 9.17) is 0 Å². The van der Waals surface area contributed by atoms with E-state index in [1.54, 1.807) is 0 Å². The van der Waals surface area contributed by atoms with Gasteiger partial charge in [0.05, 0.1) is 6.54 Å². The summed E-state index contributed by atoms with van der Waals surface area (Å²) >= 11 is 0. The molecule has 1 fully saturated rings. The zero-order valence-electron chi connectivity index (χ0n) is 13.5. The molecule has 0 bridgehead atoms. The molecular formula is C17H27N3O. The summed E-state index contributed by atoms with van der Waals surface area (Å²) in [5.41, 5.74) is 3.48. The van der Waals surface area contributed by atoms with Gasteiger partial charge in [0.2, 0.25) is 5.91 Å². The van der Waals surface area contributed by atoms with Crippen LogP contribution in [0.25, 0.3) is 0 Å². The summed E-state index contributed by atoms with van der Waals surface area (Å²) in [5, 5.41) is 3.15. The number of hydrogen-bond donors (Lipinski definition) is 1. The molecule has 4 nitrogen and oxygen atoms in total. The SMILES string of the molecule is CCc1cccc(CC)c1NC(=O)CN1CCN(C)CC1. The topological polar surface area (TPSA) is 35.6 Å². The third-order valence-electron chi connectivity index (χ3n) is 4.23. The summed E-state index contributed by atoms with van der Waals surface area (Å²) in [4.78, 5) is 16.9. The van der Waals surface area contributed by atoms with Crippen LogP contribution in [-0.2, 0) is 17.6 Å². The first kappa shape index (κ1) is 16.0. The van der Waals surface area contributed by atoms with Crippen LogP contribution in [0.3, 0.4) is 0 Å². The number of nitrogens with zero attached hydrogens (tertiary/aromatic N) is 2. The van der Waals surface area contributed by atoms with E-state index < -0.39 is 0 Å². The van der Waals surface area contributed by atoms with Crippen LogP contribution in [0.2, 0.25) is 0 Å². The van der Waals surface area contributed by atoms with Gasteiger partial charge in [-0.2, -0.15) is 0 Å². The Morgan fingerprint density at radius 3 is 2.19 bits per heavy atom. The Morgan fingerprint density at radius 2 is 1.67 bits per heavy atom. The number of amides is 1. The van der Waals surface area contributed by atoms with Crippen molar-refractivity contribution in [3.63, 3.8) is 0 Å². The first-order valence-corrected chi connectivity index (χ1v) is 7.95. The van der Waals surface area contributed by atoms with Crippen LogP contribution in [-0.4, -0.2) is 55.5 Å². The molecule has 4 heteroatoms. The molecule has 1 aliphatic heterocycles. The number of rotatable bonds is 5. The van der Waals surface area contributed by atoms with Gasteiger partial charge in [-0.3, -0.25) is 9.69 Å². The van der Waals surface area contributed by atoms with Crippen LogP contribution in [0.4, 0.5) is 5.69 Å². The van der Waals surface area contributed by atoms with Crippen LogP contribution in [0.15, 0.2) is 18.2 Å². The molecule has 1 aromatic carbocycles. The summed E-state index contributed by atoms with van der Waals surface area (Å²) in [6.07, 6.45) is 1.88. The second-order valence-electron chi connectivity index (χ2n) is 5.79. The van der Waals surface area contributed by atoms with Crippen molar-refractivity contribution in [2.45, 2.75) is 26.7 Å². The lowest BCUT2D eigenvalue weighted by Gasteiger charge is -2.31. The zero-order valence-corrected chi connectivity index (χ0v) is 13.5. The molecule has 0 spiro atoms. The Balaban J connectivity index is 1.99. The number of para-hydroxylation sites is 1. The Labute approximate surface area is 128 Å². The highest BCUT2D eigenvalue weighted by Gasteiger charge is 2.17. The Hall–Kier alpha value is -1.39. The molecule has 0 saturated carbocycles. The molecule has 116 valence electrons. The zero-order chi connectivity index (χ0) is 15.2. The average Bonchev–Trinajstić information content (AvgIpc) is 2.49. The highest BCUT2D eigenvalue weighted by atomic mass is 16.2. The lowest BCUT2D eigenvalue weighted by molar-refractivity contribution is -0.117. The number of benzene rings is 1. The maximum atomic E-state index is 12.3. The largest absolute Gasteiger partial charge is 0.324 e. The Morgan fingerprint density at radius 1 is 1.10 bits per heavy atom. The van der Waals surface area contributed by atoms with Gasteiger partial charge in [-0.15, -0.1) is 0 Å². The Bertz CT molecular complexity index is 457. The van der Waals surface area contributed by atoms with Crippen LogP contribution in [0, 0.1) is 0 Å². The van der Waals surface area contributed by atoms with E-state index in [0.29, 0.717) is 6.54 Å². The van der Waals surface area contributed by atoms with Crippen molar-refractivity contribution in [3.8, 4) is 0 Å². The van der Waals surface area contributed by atoms with E-state index in [1.165, 1.54) is 11.1 Å². The van der Waals surface area contributed by atoms with E-state index in [0.717, 1.165) is 44.7 Å². The number of nitrogens with one attached hydrogen (secondary N) is 1. The minimum Gasteiger partial charge on any atom is -0.324 e. The number of carbonyl (C=O) groups is 1. The molecule has 1 amide bonds. The molecule has 0 unspecified atom stereocenters.